The Bertz CT molecular complexity index is 1260. The zero-order valence-electron chi connectivity index (χ0n) is 18.1. The normalized spacial score (nSPS) is 18.2. The highest BCUT2D eigenvalue weighted by Crippen LogP contribution is 2.45. The number of aromatic nitrogens is 1. The number of aldehydes is 1. The van der Waals surface area contributed by atoms with Gasteiger partial charge in [-0.1, -0.05) is 41.1 Å². The summed E-state index contributed by atoms with van der Waals surface area (Å²) < 4.78 is 6.59. The van der Waals surface area contributed by atoms with E-state index in [9.17, 15) is 19.2 Å². The number of esters is 1. The first-order valence-corrected chi connectivity index (χ1v) is 13.1. The number of thiazole rings is 1. The van der Waals surface area contributed by atoms with Gasteiger partial charge < -0.3 is 10.1 Å². The number of ether oxygens (including phenoxy) is 1. The molecule has 4 rings (SSSR count). The number of methoxy groups -OCH3 is 1. The van der Waals surface area contributed by atoms with Crippen molar-refractivity contribution in [1.29, 1.82) is 0 Å². The number of benzene rings is 2. The van der Waals surface area contributed by atoms with Crippen LogP contribution in [0.15, 0.2) is 70.2 Å². The molecule has 1 aliphatic rings. The Kier molecular flexibility index (Phi) is 7.35. The lowest BCUT2D eigenvalue weighted by molar-refractivity contribution is -0.150. The molecule has 3 aromatic rings. The van der Waals surface area contributed by atoms with Crippen molar-refractivity contribution in [2.45, 2.75) is 22.7 Å². The topological polar surface area (TPSA) is 106 Å². The first kappa shape index (κ1) is 24.0. The van der Waals surface area contributed by atoms with Crippen molar-refractivity contribution in [1.82, 2.24) is 15.2 Å². The Labute approximate surface area is 207 Å². The number of carbonyl (C=O) groups is 4. The molecule has 0 radical (unpaired) electrons. The summed E-state index contributed by atoms with van der Waals surface area (Å²) in [5.41, 5.74) is 1.18. The van der Waals surface area contributed by atoms with Gasteiger partial charge in [-0.25, -0.2) is 9.78 Å². The maximum Gasteiger partial charge on any atom is 0.355 e. The lowest BCUT2D eigenvalue weighted by Crippen LogP contribution is -2.69. The number of hydrogen-bond acceptors (Lipinski definition) is 9. The first-order valence-electron chi connectivity index (χ1n) is 10.1. The van der Waals surface area contributed by atoms with Crippen LogP contribution in [0.4, 0.5) is 0 Å². The van der Waals surface area contributed by atoms with E-state index in [1.165, 1.54) is 51.9 Å². The lowest BCUT2D eigenvalue weighted by atomic mass is 10.0. The zero-order chi connectivity index (χ0) is 24.2. The molecule has 2 unspecified atom stereocenters. The van der Waals surface area contributed by atoms with Gasteiger partial charge in [-0.2, -0.15) is 0 Å². The molecule has 2 amide bonds. The van der Waals surface area contributed by atoms with Crippen LogP contribution in [-0.4, -0.2) is 52.5 Å². The zero-order valence-corrected chi connectivity index (χ0v) is 20.5. The molecule has 1 fully saturated rings. The highest BCUT2D eigenvalue weighted by atomic mass is 33.1. The number of β-lactam (4-membered cyclic amide) rings is 1. The third-order valence-corrected chi connectivity index (χ3v) is 9.04. The summed E-state index contributed by atoms with van der Waals surface area (Å²) >= 11 is 1.50. The Hall–Kier alpha value is -3.15. The van der Waals surface area contributed by atoms with E-state index < -0.39 is 29.2 Å². The fourth-order valence-electron chi connectivity index (χ4n) is 3.33. The number of para-hydroxylation sites is 1. The van der Waals surface area contributed by atoms with Gasteiger partial charge in [0, 0.05) is 11.1 Å². The van der Waals surface area contributed by atoms with Crippen LogP contribution in [0.3, 0.4) is 0 Å². The number of fused-ring (bicyclic) bond motifs is 1. The van der Waals surface area contributed by atoms with E-state index in [2.05, 4.69) is 10.3 Å². The summed E-state index contributed by atoms with van der Waals surface area (Å²) in [5.74, 6) is -1.72. The molecule has 1 aromatic heterocycles. The minimum atomic E-state index is -0.904. The van der Waals surface area contributed by atoms with Gasteiger partial charge in [-0.15, -0.1) is 11.3 Å². The summed E-state index contributed by atoms with van der Waals surface area (Å²) in [7, 11) is 3.78. The van der Waals surface area contributed by atoms with Gasteiger partial charge in [0.15, 0.2) is 4.34 Å². The summed E-state index contributed by atoms with van der Waals surface area (Å²) in [6.07, 6.45) is 0.498. The molecule has 34 heavy (non-hydrogen) atoms. The van der Waals surface area contributed by atoms with Gasteiger partial charge in [0.25, 0.3) is 11.8 Å². The number of hydrogen-bond donors (Lipinski definition) is 1. The monoisotopic (exact) mass is 513 g/mol. The van der Waals surface area contributed by atoms with Gasteiger partial charge in [0.05, 0.1) is 17.3 Å². The predicted molar refractivity (Wildman–Crippen MR) is 132 cm³/mol. The number of nitrogens with one attached hydrogen (secondary N) is 1. The number of carbonyl (C=O) groups excluding carboxylic acids is 4. The quantitative estimate of drug-likeness (QED) is 0.160. The molecule has 0 bridgehead atoms. The predicted octanol–water partition coefficient (Wildman–Crippen LogP) is 3.65. The second-order valence-electron chi connectivity index (χ2n) is 7.18. The fourth-order valence-corrected chi connectivity index (χ4v) is 7.24. The second kappa shape index (κ2) is 10.4. The molecule has 8 nitrogen and oxygen atoms in total. The molecule has 0 aliphatic carbocycles. The SMILES string of the molecule is COC(=O)/C(=C(\C)C=O)N1C(=O)C(NC(=O)c2ccccc2)C1SSc1nc2ccccc2s1. The van der Waals surface area contributed by atoms with E-state index in [-0.39, 0.29) is 11.3 Å². The van der Waals surface area contributed by atoms with E-state index >= 15 is 0 Å². The van der Waals surface area contributed by atoms with Crippen LogP contribution in [-0.2, 0) is 19.1 Å². The van der Waals surface area contributed by atoms with E-state index in [0.717, 1.165) is 14.6 Å². The van der Waals surface area contributed by atoms with Gasteiger partial charge in [0.1, 0.15) is 23.4 Å². The summed E-state index contributed by atoms with van der Waals surface area (Å²) in [6.45, 7) is 1.44. The van der Waals surface area contributed by atoms with Crippen LogP contribution >= 0.6 is 32.9 Å². The molecule has 1 aliphatic heterocycles. The van der Waals surface area contributed by atoms with Crippen molar-refractivity contribution in [3.05, 3.63) is 71.4 Å². The number of amides is 2. The van der Waals surface area contributed by atoms with E-state index in [1.54, 1.807) is 30.3 Å². The van der Waals surface area contributed by atoms with Gasteiger partial charge in [0.2, 0.25) is 0 Å². The van der Waals surface area contributed by atoms with Crippen LogP contribution in [0.1, 0.15) is 17.3 Å². The fraction of sp³-hybridized carbons (Fsp3) is 0.174. The largest absolute Gasteiger partial charge is 0.464 e. The summed E-state index contributed by atoms with van der Waals surface area (Å²) in [4.78, 5) is 55.5. The molecule has 11 heteroatoms. The Balaban J connectivity index is 1.61. The van der Waals surface area contributed by atoms with E-state index in [4.69, 9.17) is 4.74 Å². The second-order valence-corrected chi connectivity index (χ2v) is 10.8. The minimum Gasteiger partial charge on any atom is -0.464 e. The van der Waals surface area contributed by atoms with Crippen molar-refractivity contribution >= 4 is 67.2 Å². The van der Waals surface area contributed by atoms with Gasteiger partial charge in [-0.05, 0) is 42.0 Å². The molecule has 174 valence electrons. The van der Waals surface area contributed by atoms with Crippen LogP contribution in [0.2, 0.25) is 0 Å². The van der Waals surface area contributed by atoms with Crippen molar-refractivity contribution in [3.63, 3.8) is 0 Å². The lowest BCUT2D eigenvalue weighted by Gasteiger charge is -2.46. The van der Waals surface area contributed by atoms with Crippen LogP contribution in [0.25, 0.3) is 10.2 Å². The number of likely N-dealkylation sites (tertiary alicyclic amines) is 1. The molecular formula is C23H19N3O5S3. The molecule has 1 saturated heterocycles. The first-order chi connectivity index (χ1) is 16.4. The summed E-state index contributed by atoms with van der Waals surface area (Å²) in [5, 5.41) is 2.08. The number of rotatable bonds is 8. The molecule has 0 saturated carbocycles. The van der Waals surface area contributed by atoms with Crippen LogP contribution in [0.5, 0.6) is 0 Å². The smallest absolute Gasteiger partial charge is 0.355 e. The average Bonchev–Trinajstić information content (AvgIpc) is 3.29. The van der Waals surface area contributed by atoms with Crippen LogP contribution < -0.4 is 5.32 Å². The van der Waals surface area contributed by atoms with Gasteiger partial charge >= 0.3 is 5.97 Å². The van der Waals surface area contributed by atoms with Crippen molar-refractivity contribution in [2.75, 3.05) is 7.11 Å². The molecule has 2 atom stereocenters. The minimum absolute atomic E-state index is 0.0589. The molecule has 1 N–H and O–H groups in total. The van der Waals surface area contributed by atoms with Crippen molar-refractivity contribution in [3.8, 4) is 0 Å². The number of allylic oxidation sites excluding steroid dienone is 1. The molecule has 0 spiro atoms. The Morgan fingerprint density at radius 1 is 1.15 bits per heavy atom. The molecule has 2 heterocycles. The number of nitrogens with zero attached hydrogens (tertiary/aromatic N) is 2. The van der Waals surface area contributed by atoms with Crippen LogP contribution in [0, 0.1) is 0 Å². The van der Waals surface area contributed by atoms with Crippen molar-refractivity contribution < 1.29 is 23.9 Å². The molecule has 2 aromatic carbocycles. The Morgan fingerprint density at radius 3 is 2.53 bits per heavy atom. The third kappa shape index (κ3) is 4.72. The van der Waals surface area contributed by atoms with E-state index in [0.29, 0.717) is 11.8 Å². The highest BCUT2D eigenvalue weighted by Gasteiger charge is 2.52. The van der Waals surface area contributed by atoms with E-state index in [1.807, 2.05) is 24.3 Å². The average molecular weight is 514 g/mol. The summed E-state index contributed by atoms with van der Waals surface area (Å²) in [6, 6.07) is 15.3. The highest BCUT2D eigenvalue weighted by molar-refractivity contribution is 8.77. The maximum absolute atomic E-state index is 13.1. The standard InChI is InChI=1S/C23H19N3O5S3/c1-13(12-27)18(22(30)31-2)26-20(29)17(25-19(28)14-8-4-3-5-9-14)21(26)33-34-23-24-15-10-6-7-11-16(15)32-23/h3-12,17,21H,1-2H3,(H,25,28)/b18-13-. The maximum atomic E-state index is 13.1. The third-order valence-electron chi connectivity index (χ3n) is 5.03. The Morgan fingerprint density at radius 2 is 1.85 bits per heavy atom. The van der Waals surface area contributed by atoms with Gasteiger partial charge in [-0.3, -0.25) is 19.3 Å². The molecular weight excluding hydrogens is 494 g/mol. The van der Waals surface area contributed by atoms with Crippen molar-refractivity contribution in [2.24, 2.45) is 0 Å².